The molecule has 0 bridgehead atoms. The van der Waals surface area contributed by atoms with E-state index < -0.39 is 5.97 Å². The number of hydrogen-bond donors (Lipinski definition) is 1. The van der Waals surface area contributed by atoms with E-state index >= 15 is 0 Å². The van der Waals surface area contributed by atoms with Crippen molar-refractivity contribution >= 4 is 5.97 Å². The van der Waals surface area contributed by atoms with Gasteiger partial charge in [0.05, 0.1) is 6.42 Å². The maximum atomic E-state index is 10.6. The average Bonchev–Trinajstić information content (AvgIpc) is 2.42. The summed E-state index contributed by atoms with van der Waals surface area (Å²) in [5.41, 5.74) is 2.99. The zero-order valence-electron chi connectivity index (χ0n) is 10.8. The minimum Gasteiger partial charge on any atom is -0.481 e. The molecule has 0 heterocycles. The van der Waals surface area contributed by atoms with Crippen molar-refractivity contribution in [1.82, 2.24) is 0 Å². The lowest BCUT2D eigenvalue weighted by molar-refractivity contribution is -0.136. The summed E-state index contributed by atoms with van der Waals surface area (Å²) in [5.74, 6) is -0.801. The number of hydrogen-bond acceptors (Lipinski definition) is 1. The first-order valence-corrected chi connectivity index (χ1v) is 6.12. The van der Waals surface area contributed by atoms with Crippen LogP contribution in [0.3, 0.4) is 0 Å². The van der Waals surface area contributed by atoms with Crippen molar-refractivity contribution in [3.63, 3.8) is 0 Å². The quantitative estimate of drug-likeness (QED) is 0.883. The van der Waals surface area contributed by atoms with Gasteiger partial charge < -0.3 is 5.11 Å². The second kappa shape index (κ2) is 7.28. The third kappa shape index (κ3) is 4.06. The summed E-state index contributed by atoms with van der Waals surface area (Å²) in [6.45, 7) is 4.00. The van der Waals surface area contributed by atoms with Crippen LogP contribution in [0.5, 0.6) is 0 Å². The van der Waals surface area contributed by atoms with Crippen LogP contribution in [-0.2, 0) is 11.2 Å². The van der Waals surface area contributed by atoms with Crippen LogP contribution in [-0.4, -0.2) is 11.1 Å². The predicted molar refractivity (Wildman–Crippen MR) is 74.6 cm³/mol. The van der Waals surface area contributed by atoms with E-state index in [1.54, 1.807) is 0 Å². The Balaban J connectivity index is 0.000000771. The molecule has 18 heavy (non-hydrogen) atoms. The van der Waals surface area contributed by atoms with Crippen LogP contribution >= 0.6 is 0 Å². The summed E-state index contributed by atoms with van der Waals surface area (Å²) < 4.78 is 0. The standard InChI is InChI=1S/C14H12O2.C2H6/c15-14(16)10-11-5-4-8-13(9-11)12-6-2-1-3-7-12;1-2/h1-9H,10H2,(H,15,16);1-2H3. The second-order valence-corrected chi connectivity index (χ2v) is 3.64. The maximum absolute atomic E-state index is 10.6. The molecule has 0 saturated heterocycles. The molecule has 1 N–H and O–H groups in total. The molecule has 0 radical (unpaired) electrons. The van der Waals surface area contributed by atoms with Crippen molar-refractivity contribution in [3.05, 3.63) is 60.2 Å². The zero-order chi connectivity index (χ0) is 13.4. The molecule has 0 aliphatic heterocycles. The third-order valence-electron chi connectivity index (χ3n) is 2.39. The van der Waals surface area contributed by atoms with Gasteiger partial charge >= 0.3 is 5.97 Å². The minimum atomic E-state index is -0.801. The van der Waals surface area contributed by atoms with E-state index in [1.165, 1.54) is 0 Å². The Kier molecular flexibility index (Phi) is 5.65. The summed E-state index contributed by atoms with van der Waals surface area (Å²) in [4.78, 5) is 10.6. The topological polar surface area (TPSA) is 37.3 Å². The zero-order valence-corrected chi connectivity index (χ0v) is 10.8. The van der Waals surface area contributed by atoms with Gasteiger partial charge in [-0.1, -0.05) is 68.4 Å². The SMILES string of the molecule is CC.O=C(O)Cc1cccc(-c2ccccc2)c1. The minimum absolute atomic E-state index is 0.0701. The highest BCUT2D eigenvalue weighted by Crippen LogP contribution is 2.20. The lowest BCUT2D eigenvalue weighted by atomic mass is 10.0. The highest BCUT2D eigenvalue weighted by Gasteiger charge is 2.02. The van der Waals surface area contributed by atoms with Gasteiger partial charge in [-0.25, -0.2) is 0 Å². The molecule has 0 atom stereocenters. The van der Waals surface area contributed by atoms with Crippen LogP contribution in [0.4, 0.5) is 0 Å². The molecular weight excluding hydrogens is 224 g/mol. The molecule has 0 saturated carbocycles. The Bertz CT molecular complexity index is 489. The summed E-state index contributed by atoms with van der Waals surface area (Å²) in [7, 11) is 0. The van der Waals surface area contributed by atoms with Crippen LogP contribution in [0, 0.1) is 0 Å². The van der Waals surface area contributed by atoms with Crippen molar-refractivity contribution in [2.45, 2.75) is 20.3 Å². The smallest absolute Gasteiger partial charge is 0.307 e. The van der Waals surface area contributed by atoms with Crippen LogP contribution < -0.4 is 0 Å². The summed E-state index contributed by atoms with van der Waals surface area (Å²) >= 11 is 0. The first-order chi connectivity index (χ1) is 8.75. The number of carbonyl (C=O) groups is 1. The molecule has 2 rings (SSSR count). The summed E-state index contributed by atoms with van der Waals surface area (Å²) in [5, 5.41) is 8.73. The Morgan fingerprint density at radius 2 is 1.56 bits per heavy atom. The molecule has 0 aliphatic rings. The molecule has 2 aromatic carbocycles. The third-order valence-corrected chi connectivity index (χ3v) is 2.39. The molecular formula is C16H18O2. The van der Waals surface area contributed by atoms with Crippen LogP contribution in [0.2, 0.25) is 0 Å². The number of carboxylic acids is 1. The average molecular weight is 242 g/mol. The highest BCUT2D eigenvalue weighted by atomic mass is 16.4. The van der Waals surface area contributed by atoms with E-state index in [1.807, 2.05) is 68.4 Å². The molecule has 2 aromatic rings. The van der Waals surface area contributed by atoms with E-state index in [2.05, 4.69) is 0 Å². The molecule has 0 aromatic heterocycles. The van der Waals surface area contributed by atoms with Gasteiger partial charge in [-0.05, 0) is 16.7 Å². The fraction of sp³-hybridized carbons (Fsp3) is 0.188. The van der Waals surface area contributed by atoms with Crippen LogP contribution in [0.25, 0.3) is 11.1 Å². The van der Waals surface area contributed by atoms with E-state index in [-0.39, 0.29) is 6.42 Å². The normalized spacial score (nSPS) is 9.22. The lowest BCUT2D eigenvalue weighted by Crippen LogP contribution is -1.99. The van der Waals surface area contributed by atoms with E-state index in [9.17, 15) is 4.79 Å². The second-order valence-electron chi connectivity index (χ2n) is 3.64. The molecule has 2 nitrogen and oxygen atoms in total. The number of rotatable bonds is 3. The first-order valence-electron chi connectivity index (χ1n) is 6.12. The van der Waals surface area contributed by atoms with Gasteiger partial charge in [0.2, 0.25) is 0 Å². The van der Waals surface area contributed by atoms with Gasteiger partial charge in [0, 0.05) is 0 Å². The van der Waals surface area contributed by atoms with E-state index in [0.29, 0.717) is 0 Å². The van der Waals surface area contributed by atoms with Crippen molar-refractivity contribution in [3.8, 4) is 11.1 Å². The fourth-order valence-corrected chi connectivity index (χ4v) is 1.67. The molecule has 0 unspecified atom stereocenters. The summed E-state index contributed by atoms with van der Waals surface area (Å²) in [6, 6.07) is 17.6. The monoisotopic (exact) mass is 242 g/mol. The van der Waals surface area contributed by atoms with Gasteiger partial charge in [-0.15, -0.1) is 0 Å². The van der Waals surface area contributed by atoms with Crippen molar-refractivity contribution < 1.29 is 9.90 Å². The largest absolute Gasteiger partial charge is 0.481 e. The van der Waals surface area contributed by atoms with E-state index in [0.717, 1.165) is 16.7 Å². The molecule has 0 amide bonds. The number of benzene rings is 2. The number of carboxylic acid groups (broad SMARTS) is 1. The van der Waals surface area contributed by atoms with Gasteiger partial charge in [0.25, 0.3) is 0 Å². The predicted octanol–water partition coefficient (Wildman–Crippen LogP) is 4.01. The van der Waals surface area contributed by atoms with Gasteiger partial charge in [0.1, 0.15) is 0 Å². The lowest BCUT2D eigenvalue weighted by Gasteiger charge is -2.03. The fourth-order valence-electron chi connectivity index (χ4n) is 1.67. The molecule has 2 heteroatoms. The molecule has 94 valence electrons. The Morgan fingerprint density at radius 3 is 2.17 bits per heavy atom. The Morgan fingerprint density at radius 1 is 0.944 bits per heavy atom. The molecule has 0 fully saturated rings. The maximum Gasteiger partial charge on any atom is 0.307 e. The molecule has 0 aliphatic carbocycles. The first kappa shape index (κ1) is 14.0. The Hall–Kier alpha value is -2.09. The van der Waals surface area contributed by atoms with Crippen LogP contribution in [0.15, 0.2) is 54.6 Å². The van der Waals surface area contributed by atoms with Crippen molar-refractivity contribution in [2.24, 2.45) is 0 Å². The molecule has 0 spiro atoms. The van der Waals surface area contributed by atoms with E-state index in [4.69, 9.17) is 5.11 Å². The summed E-state index contributed by atoms with van der Waals surface area (Å²) in [6.07, 6.45) is 0.0701. The van der Waals surface area contributed by atoms with Crippen molar-refractivity contribution in [1.29, 1.82) is 0 Å². The van der Waals surface area contributed by atoms with Crippen molar-refractivity contribution in [2.75, 3.05) is 0 Å². The van der Waals surface area contributed by atoms with Gasteiger partial charge in [-0.3, -0.25) is 4.79 Å². The van der Waals surface area contributed by atoms with Gasteiger partial charge in [-0.2, -0.15) is 0 Å². The van der Waals surface area contributed by atoms with Crippen LogP contribution in [0.1, 0.15) is 19.4 Å². The number of aliphatic carboxylic acids is 1. The highest BCUT2D eigenvalue weighted by molar-refractivity contribution is 5.72. The Labute approximate surface area is 108 Å². The van der Waals surface area contributed by atoms with Gasteiger partial charge in [0.15, 0.2) is 0 Å².